The number of carboxylic acid groups (broad SMARTS) is 1. The average molecular weight is 281 g/mol. The van der Waals surface area contributed by atoms with E-state index >= 15 is 0 Å². The normalized spacial score (nSPS) is 12.5. The van der Waals surface area contributed by atoms with Crippen LogP contribution in [0.25, 0.3) is 10.2 Å². The maximum atomic E-state index is 11.2. The first kappa shape index (κ1) is 13.7. The van der Waals surface area contributed by atoms with Crippen LogP contribution in [0.2, 0.25) is 0 Å². The predicted octanol–water partition coefficient (Wildman–Crippen LogP) is 1.90. The Morgan fingerprint density at radius 3 is 3.05 bits per heavy atom. The molecule has 0 saturated heterocycles. The number of rotatable bonds is 6. The summed E-state index contributed by atoms with van der Waals surface area (Å²) in [4.78, 5) is 21.5. The Labute approximate surface area is 114 Å². The standard InChI is InChI=1S/C12H15N3O3S/c1-7-5-8-10(13-6-14-11(8)19-7)15-9(12(16)17)3-4-18-2/h5-6,9H,3-4H2,1-2H3,(H,16,17)(H,13,14,15). The van der Waals surface area contributed by atoms with Gasteiger partial charge in [-0.05, 0) is 13.0 Å². The van der Waals surface area contributed by atoms with Crippen molar-refractivity contribution in [1.82, 2.24) is 9.97 Å². The van der Waals surface area contributed by atoms with Crippen LogP contribution in [0.1, 0.15) is 11.3 Å². The number of thiophene rings is 1. The summed E-state index contributed by atoms with van der Waals surface area (Å²) in [6.45, 7) is 2.36. The van der Waals surface area contributed by atoms with Gasteiger partial charge in [0.05, 0.1) is 5.39 Å². The topological polar surface area (TPSA) is 84.3 Å². The second kappa shape index (κ2) is 5.94. The number of fused-ring (bicyclic) bond motifs is 1. The third-order valence-electron chi connectivity index (χ3n) is 2.67. The first-order valence-electron chi connectivity index (χ1n) is 5.81. The summed E-state index contributed by atoms with van der Waals surface area (Å²) >= 11 is 1.56. The third-order valence-corrected chi connectivity index (χ3v) is 3.63. The fourth-order valence-corrected chi connectivity index (χ4v) is 2.60. The average Bonchev–Trinajstić information content (AvgIpc) is 2.75. The monoisotopic (exact) mass is 281 g/mol. The highest BCUT2D eigenvalue weighted by Gasteiger charge is 2.19. The van der Waals surface area contributed by atoms with E-state index in [9.17, 15) is 9.90 Å². The number of nitrogens with one attached hydrogen (secondary N) is 1. The molecule has 0 aliphatic carbocycles. The number of aryl methyl sites for hydroxylation is 1. The summed E-state index contributed by atoms with van der Waals surface area (Å²) in [7, 11) is 1.55. The van der Waals surface area contributed by atoms with Gasteiger partial charge >= 0.3 is 5.97 Å². The Morgan fingerprint density at radius 1 is 1.58 bits per heavy atom. The lowest BCUT2D eigenvalue weighted by molar-refractivity contribution is -0.138. The highest BCUT2D eigenvalue weighted by Crippen LogP contribution is 2.27. The minimum absolute atomic E-state index is 0.375. The minimum Gasteiger partial charge on any atom is -0.480 e. The van der Waals surface area contributed by atoms with Gasteiger partial charge in [0.1, 0.15) is 23.0 Å². The lowest BCUT2D eigenvalue weighted by atomic mass is 10.2. The van der Waals surface area contributed by atoms with Crippen molar-refractivity contribution in [3.63, 3.8) is 0 Å². The molecule has 0 spiro atoms. The third kappa shape index (κ3) is 3.18. The van der Waals surface area contributed by atoms with Crippen LogP contribution < -0.4 is 5.32 Å². The molecule has 0 aliphatic rings. The maximum absolute atomic E-state index is 11.2. The lowest BCUT2D eigenvalue weighted by Gasteiger charge is -2.14. The van der Waals surface area contributed by atoms with Crippen molar-refractivity contribution in [2.75, 3.05) is 19.0 Å². The van der Waals surface area contributed by atoms with Crippen LogP contribution in [0, 0.1) is 6.92 Å². The zero-order valence-electron chi connectivity index (χ0n) is 10.7. The highest BCUT2D eigenvalue weighted by molar-refractivity contribution is 7.18. The van der Waals surface area contributed by atoms with E-state index in [2.05, 4.69) is 15.3 Å². The van der Waals surface area contributed by atoms with E-state index in [0.717, 1.165) is 15.1 Å². The Bertz CT molecular complexity index is 585. The van der Waals surface area contributed by atoms with Gasteiger partial charge in [0.2, 0.25) is 0 Å². The van der Waals surface area contributed by atoms with Crippen molar-refractivity contribution >= 4 is 33.3 Å². The van der Waals surface area contributed by atoms with Crippen molar-refractivity contribution in [3.05, 3.63) is 17.3 Å². The number of aromatic nitrogens is 2. The summed E-state index contributed by atoms with van der Waals surface area (Å²) < 4.78 is 4.92. The van der Waals surface area contributed by atoms with Crippen LogP contribution in [-0.4, -0.2) is 40.8 Å². The van der Waals surface area contributed by atoms with Gasteiger partial charge in [0.25, 0.3) is 0 Å². The molecule has 2 N–H and O–H groups in total. The number of carbonyl (C=O) groups is 1. The largest absolute Gasteiger partial charge is 0.480 e. The van der Waals surface area contributed by atoms with Gasteiger partial charge in [0.15, 0.2) is 0 Å². The number of hydrogen-bond acceptors (Lipinski definition) is 6. The molecule has 0 aliphatic heterocycles. The van der Waals surface area contributed by atoms with Gasteiger partial charge in [-0.25, -0.2) is 14.8 Å². The van der Waals surface area contributed by atoms with Gasteiger partial charge in [-0.15, -0.1) is 11.3 Å². The number of methoxy groups -OCH3 is 1. The summed E-state index contributed by atoms with van der Waals surface area (Å²) in [5, 5.41) is 13.0. The molecular weight excluding hydrogens is 266 g/mol. The zero-order chi connectivity index (χ0) is 13.8. The minimum atomic E-state index is -0.921. The predicted molar refractivity (Wildman–Crippen MR) is 73.7 cm³/mol. The fourth-order valence-electron chi connectivity index (χ4n) is 1.75. The molecule has 0 bridgehead atoms. The first-order chi connectivity index (χ1) is 9.11. The molecule has 0 radical (unpaired) electrons. The van der Waals surface area contributed by atoms with Crippen LogP contribution in [0.3, 0.4) is 0 Å². The van der Waals surface area contributed by atoms with E-state index in [1.807, 2.05) is 13.0 Å². The molecule has 102 valence electrons. The van der Waals surface area contributed by atoms with Gasteiger partial charge in [-0.1, -0.05) is 0 Å². The van der Waals surface area contributed by atoms with Gasteiger partial charge in [-0.2, -0.15) is 0 Å². The number of ether oxygens (including phenoxy) is 1. The van der Waals surface area contributed by atoms with E-state index in [0.29, 0.717) is 18.8 Å². The van der Waals surface area contributed by atoms with Crippen molar-refractivity contribution in [2.24, 2.45) is 0 Å². The molecule has 6 nitrogen and oxygen atoms in total. The summed E-state index contributed by atoms with van der Waals surface area (Å²) in [6, 6.07) is 1.23. The molecule has 1 atom stereocenters. The van der Waals surface area contributed by atoms with Crippen LogP contribution in [0.4, 0.5) is 5.82 Å². The summed E-state index contributed by atoms with van der Waals surface area (Å²) in [5.41, 5.74) is 0. The Kier molecular flexibility index (Phi) is 4.28. The van der Waals surface area contributed by atoms with Gasteiger partial charge < -0.3 is 15.2 Å². The lowest BCUT2D eigenvalue weighted by Crippen LogP contribution is -2.30. The number of anilines is 1. The van der Waals surface area contributed by atoms with Crippen LogP contribution in [-0.2, 0) is 9.53 Å². The Morgan fingerprint density at radius 2 is 2.37 bits per heavy atom. The van der Waals surface area contributed by atoms with Crippen LogP contribution in [0.5, 0.6) is 0 Å². The molecule has 7 heteroatoms. The Balaban J connectivity index is 2.25. The smallest absolute Gasteiger partial charge is 0.326 e. The van der Waals surface area contributed by atoms with Gasteiger partial charge in [0, 0.05) is 25.0 Å². The van der Waals surface area contributed by atoms with E-state index in [4.69, 9.17) is 4.74 Å². The van der Waals surface area contributed by atoms with Gasteiger partial charge in [-0.3, -0.25) is 0 Å². The second-order valence-electron chi connectivity index (χ2n) is 4.11. The molecule has 19 heavy (non-hydrogen) atoms. The van der Waals surface area contributed by atoms with Crippen molar-refractivity contribution in [1.29, 1.82) is 0 Å². The quantitative estimate of drug-likeness (QED) is 0.841. The summed E-state index contributed by atoms with van der Waals surface area (Å²) in [5.74, 6) is -0.367. The molecule has 1 unspecified atom stereocenters. The van der Waals surface area contributed by atoms with Crippen molar-refractivity contribution < 1.29 is 14.6 Å². The number of carboxylic acids is 1. The molecular formula is C12H15N3O3S. The molecule has 2 aromatic rings. The van der Waals surface area contributed by atoms with E-state index in [-0.39, 0.29) is 0 Å². The van der Waals surface area contributed by atoms with Crippen molar-refractivity contribution in [3.8, 4) is 0 Å². The van der Waals surface area contributed by atoms with Crippen LogP contribution in [0.15, 0.2) is 12.4 Å². The number of hydrogen-bond donors (Lipinski definition) is 2. The van der Waals surface area contributed by atoms with E-state index in [1.165, 1.54) is 6.33 Å². The molecule has 0 fully saturated rings. The molecule has 2 aromatic heterocycles. The second-order valence-corrected chi connectivity index (χ2v) is 5.35. The van der Waals surface area contributed by atoms with Crippen molar-refractivity contribution in [2.45, 2.75) is 19.4 Å². The van der Waals surface area contributed by atoms with E-state index in [1.54, 1.807) is 18.4 Å². The highest BCUT2D eigenvalue weighted by atomic mass is 32.1. The maximum Gasteiger partial charge on any atom is 0.326 e. The molecule has 2 heterocycles. The fraction of sp³-hybridized carbons (Fsp3) is 0.417. The van der Waals surface area contributed by atoms with Crippen LogP contribution >= 0.6 is 11.3 Å². The zero-order valence-corrected chi connectivity index (χ0v) is 11.5. The number of nitrogens with zero attached hydrogens (tertiary/aromatic N) is 2. The molecule has 2 rings (SSSR count). The number of aliphatic carboxylic acids is 1. The Hall–Kier alpha value is -1.73. The first-order valence-corrected chi connectivity index (χ1v) is 6.63. The molecule has 0 aromatic carbocycles. The molecule has 0 saturated carbocycles. The molecule has 0 amide bonds. The van der Waals surface area contributed by atoms with E-state index < -0.39 is 12.0 Å². The SMILES string of the molecule is COCCC(Nc1ncnc2sc(C)cc12)C(=O)O. The summed E-state index contributed by atoms with van der Waals surface area (Å²) in [6.07, 6.45) is 1.82.